The maximum absolute atomic E-state index is 13.1. The van der Waals surface area contributed by atoms with Crippen molar-refractivity contribution in [2.45, 2.75) is 30.6 Å². The lowest BCUT2D eigenvalue weighted by molar-refractivity contribution is 0.0696. The van der Waals surface area contributed by atoms with Gasteiger partial charge in [-0.15, -0.1) is 0 Å². The maximum atomic E-state index is 13.1. The van der Waals surface area contributed by atoms with Crippen molar-refractivity contribution in [1.29, 1.82) is 0 Å². The Morgan fingerprint density at radius 2 is 1.91 bits per heavy atom. The van der Waals surface area contributed by atoms with Crippen LogP contribution in [0.2, 0.25) is 0 Å². The van der Waals surface area contributed by atoms with Crippen molar-refractivity contribution in [3.63, 3.8) is 0 Å². The number of sulfonamides is 1. The van der Waals surface area contributed by atoms with E-state index in [0.717, 1.165) is 45.6 Å². The lowest BCUT2D eigenvalue weighted by atomic mass is 9.97. The zero-order valence-corrected chi connectivity index (χ0v) is 19.6. The van der Waals surface area contributed by atoms with E-state index >= 15 is 0 Å². The fraction of sp³-hybridized carbons (Fsp3) is 0.478. The van der Waals surface area contributed by atoms with E-state index in [1.54, 1.807) is 12.1 Å². The second kappa shape index (κ2) is 9.96. The van der Waals surface area contributed by atoms with Gasteiger partial charge in [0.15, 0.2) is 5.82 Å². The molecule has 1 aromatic carbocycles. The van der Waals surface area contributed by atoms with Crippen LogP contribution in [0.25, 0.3) is 0 Å². The molecular weight excluding hydrogens is 444 g/mol. The summed E-state index contributed by atoms with van der Waals surface area (Å²) in [5.41, 5.74) is 0.101. The van der Waals surface area contributed by atoms with Gasteiger partial charge in [0, 0.05) is 25.8 Å². The number of nitrogens with one attached hydrogen (secondary N) is 1. The van der Waals surface area contributed by atoms with E-state index in [2.05, 4.69) is 19.5 Å². The molecule has 2 aliphatic rings. The van der Waals surface area contributed by atoms with Crippen LogP contribution in [-0.4, -0.2) is 69.2 Å². The first-order valence-corrected chi connectivity index (χ1v) is 12.7. The highest BCUT2D eigenvalue weighted by Gasteiger charge is 2.27. The average Bonchev–Trinajstić information content (AvgIpc) is 3.32. The predicted octanol–water partition coefficient (Wildman–Crippen LogP) is 2.90. The van der Waals surface area contributed by atoms with E-state index in [1.807, 2.05) is 0 Å². The van der Waals surface area contributed by atoms with Gasteiger partial charge in [-0.3, -0.25) is 4.72 Å². The number of hydrogen-bond acceptors (Lipinski definition) is 7. The van der Waals surface area contributed by atoms with Crippen LogP contribution in [0.1, 0.15) is 36.0 Å². The molecule has 0 saturated carbocycles. The highest BCUT2D eigenvalue weighted by Crippen LogP contribution is 2.31. The fourth-order valence-corrected chi connectivity index (χ4v) is 5.65. The van der Waals surface area contributed by atoms with Crippen LogP contribution in [-0.2, 0) is 10.0 Å². The first kappa shape index (κ1) is 23.3. The average molecular weight is 475 g/mol. The van der Waals surface area contributed by atoms with Crippen LogP contribution in [0.3, 0.4) is 0 Å². The number of carboxylic acid groups (broad SMARTS) is 1. The van der Waals surface area contributed by atoms with Gasteiger partial charge in [0.2, 0.25) is 0 Å². The number of aromatic nitrogens is 1. The Bertz CT molecular complexity index is 1080. The summed E-state index contributed by atoms with van der Waals surface area (Å²) in [5, 5.41) is 9.43. The van der Waals surface area contributed by atoms with Gasteiger partial charge in [-0.05, 0) is 75.0 Å². The summed E-state index contributed by atoms with van der Waals surface area (Å²) >= 11 is 0. The number of ether oxygens (including phenoxy) is 1. The summed E-state index contributed by atoms with van der Waals surface area (Å²) in [6.45, 7) is 4.79. The molecule has 0 amide bonds. The zero-order chi connectivity index (χ0) is 23.4. The van der Waals surface area contributed by atoms with Crippen molar-refractivity contribution in [2.75, 3.05) is 49.5 Å². The van der Waals surface area contributed by atoms with Crippen LogP contribution in [0.15, 0.2) is 41.4 Å². The molecule has 3 heterocycles. The Labute approximate surface area is 194 Å². The van der Waals surface area contributed by atoms with E-state index in [0.29, 0.717) is 17.5 Å². The van der Waals surface area contributed by atoms with Crippen molar-refractivity contribution >= 4 is 27.5 Å². The smallest absolute Gasteiger partial charge is 0.337 e. The number of benzene rings is 1. The molecule has 0 spiro atoms. The normalized spacial score (nSPS) is 19.4. The Morgan fingerprint density at radius 3 is 2.58 bits per heavy atom. The molecule has 2 N–H and O–H groups in total. The van der Waals surface area contributed by atoms with Gasteiger partial charge in [-0.1, -0.05) is 0 Å². The Balaban J connectivity index is 1.59. The Morgan fingerprint density at radius 1 is 1.18 bits per heavy atom. The molecular formula is C23H30N4O5S. The predicted molar refractivity (Wildman–Crippen MR) is 126 cm³/mol. The number of anilines is 2. The van der Waals surface area contributed by atoms with Gasteiger partial charge >= 0.3 is 5.97 Å². The maximum Gasteiger partial charge on any atom is 0.337 e. The summed E-state index contributed by atoms with van der Waals surface area (Å²) in [6.07, 6.45) is 5.86. The first-order valence-electron chi connectivity index (χ1n) is 11.2. The molecule has 9 nitrogen and oxygen atoms in total. The minimum atomic E-state index is -3.95. The molecule has 2 fully saturated rings. The number of aromatic carboxylic acids is 1. The number of methoxy groups -OCH3 is 1. The first-order chi connectivity index (χ1) is 15.9. The van der Waals surface area contributed by atoms with Crippen molar-refractivity contribution in [3.05, 3.63) is 42.1 Å². The van der Waals surface area contributed by atoms with Crippen molar-refractivity contribution in [2.24, 2.45) is 5.92 Å². The van der Waals surface area contributed by atoms with Crippen molar-refractivity contribution in [1.82, 2.24) is 9.88 Å². The van der Waals surface area contributed by atoms with Gasteiger partial charge < -0.3 is 19.6 Å². The third-order valence-electron chi connectivity index (χ3n) is 6.26. The van der Waals surface area contributed by atoms with Crippen LogP contribution in [0.4, 0.5) is 11.5 Å². The van der Waals surface area contributed by atoms with E-state index in [1.165, 1.54) is 44.3 Å². The van der Waals surface area contributed by atoms with E-state index in [4.69, 9.17) is 4.74 Å². The number of carboxylic acids is 1. The summed E-state index contributed by atoms with van der Waals surface area (Å²) in [4.78, 5) is 20.5. The van der Waals surface area contributed by atoms with Crippen LogP contribution in [0.5, 0.6) is 5.75 Å². The molecule has 0 bridgehead atoms. The topological polar surface area (TPSA) is 112 Å². The summed E-state index contributed by atoms with van der Waals surface area (Å²) in [6, 6.07) is 7.37. The van der Waals surface area contributed by atoms with Gasteiger partial charge in [0.25, 0.3) is 10.0 Å². The fourth-order valence-electron chi connectivity index (χ4n) is 4.60. The van der Waals surface area contributed by atoms with Crippen LogP contribution in [0, 0.1) is 5.92 Å². The lowest BCUT2D eigenvalue weighted by Crippen LogP contribution is -2.41. The third kappa shape index (κ3) is 5.56. The molecule has 1 aromatic heterocycles. The molecule has 0 aliphatic carbocycles. The number of likely N-dealkylation sites (tertiary alicyclic amines) is 1. The molecule has 1 unspecified atom stereocenters. The third-order valence-corrected chi connectivity index (χ3v) is 7.64. The van der Waals surface area contributed by atoms with Gasteiger partial charge in [-0.2, -0.15) is 0 Å². The molecule has 1 atom stereocenters. The van der Waals surface area contributed by atoms with Gasteiger partial charge in [-0.25, -0.2) is 18.2 Å². The lowest BCUT2D eigenvalue weighted by Gasteiger charge is -2.36. The number of pyridine rings is 1. The molecule has 2 aromatic rings. The van der Waals surface area contributed by atoms with Gasteiger partial charge in [0.05, 0.1) is 23.3 Å². The molecule has 2 saturated heterocycles. The van der Waals surface area contributed by atoms with E-state index in [-0.39, 0.29) is 16.1 Å². The molecule has 10 heteroatoms. The van der Waals surface area contributed by atoms with Crippen molar-refractivity contribution in [3.8, 4) is 5.75 Å². The number of nitrogens with zero attached hydrogens (tertiary/aromatic N) is 3. The number of carbonyl (C=O) groups is 1. The van der Waals surface area contributed by atoms with Crippen molar-refractivity contribution < 1.29 is 23.1 Å². The standard InChI is InChI=1S/C23H30N4O5S/c1-32-19-6-8-20(9-7-19)33(30,31)25-21-13-18(23(28)29)14-24-22(21)27-12-4-5-17(16-27)15-26-10-2-3-11-26/h6-9,13-14,17,25H,2-5,10-12,15-16H2,1H3,(H,28,29). The number of rotatable bonds is 8. The summed E-state index contributed by atoms with van der Waals surface area (Å²) in [7, 11) is -2.44. The second-order valence-corrected chi connectivity index (χ2v) is 10.3. The zero-order valence-electron chi connectivity index (χ0n) is 18.7. The highest BCUT2D eigenvalue weighted by atomic mass is 32.2. The number of piperidine rings is 1. The minimum absolute atomic E-state index is 0.0560. The molecule has 178 valence electrons. The summed E-state index contributed by atoms with van der Waals surface area (Å²) < 4.78 is 33.8. The minimum Gasteiger partial charge on any atom is -0.497 e. The quantitative estimate of drug-likeness (QED) is 0.601. The molecule has 0 radical (unpaired) electrons. The Hall–Kier alpha value is -2.85. The van der Waals surface area contributed by atoms with Gasteiger partial charge in [0.1, 0.15) is 5.75 Å². The van der Waals surface area contributed by atoms with Crippen LogP contribution >= 0.6 is 0 Å². The second-order valence-electron chi connectivity index (χ2n) is 8.64. The molecule has 33 heavy (non-hydrogen) atoms. The molecule has 2 aliphatic heterocycles. The molecule has 4 rings (SSSR count). The Kier molecular flexibility index (Phi) is 7.04. The monoisotopic (exact) mass is 474 g/mol. The van der Waals surface area contributed by atoms with E-state index in [9.17, 15) is 18.3 Å². The summed E-state index contributed by atoms with van der Waals surface area (Å²) in [5.74, 6) is 0.304. The largest absolute Gasteiger partial charge is 0.497 e. The van der Waals surface area contributed by atoms with Crippen LogP contribution < -0.4 is 14.4 Å². The number of hydrogen-bond donors (Lipinski definition) is 2. The highest BCUT2D eigenvalue weighted by molar-refractivity contribution is 7.92. The van der Waals surface area contributed by atoms with E-state index < -0.39 is 16.0 Å². The SMILES string of the molecule is COc1ccc(S(=O)(=O)Nc2cc(C(=O)O)cnc2N2CCCC(CN3CCCC3)C2)cc1.